The third kappa shape index (κ3) is 5.82. The number of alkyl halides is 1. The van der Waals surface area contributed by atoms with Gasteiger partial charge in [-0.3, -0.25) is 0 Å². The summed E-state index contributed by atoms with van der Waals surface area (Å²) in [7, 11) is -2.94. The van der Waals surface area contributed by atoms with Crippen molar-refractivity contribution < 1.29 is 17.9 Å². The first-order valence-electron chi connectivity index (χ1n) is 6.09. The average molecular weight is 351 g/mol. The molecule has 108 valence electrons. The number of hydrogen-bond acceptors (Lipinski definition) is 4. The summed E-state index contributed by atoms with van der Waals surface area (Å²) in [6.45, 7) is 2.83. The molecular weight excluding hydrogens is 332 g/mol. The smallest absolute Gasteiger partial charge is 0.165 e. The molecule has 0 spiro atoms. The van der Waals surface area contributed by atoms with Gasteiger partial charge in [0.1, 0.15) is 9.84 Å². The first-order chi connectivity index (χ1) is 8.98. The van der Waals surface area contributed by atoms with Gasteiger partial charge in [-0.2, -0.15) is 0 Å². The highest BCUT2D eigenvalue weighted by molar-refractivity contribution is 9.08. The van der Waals surface area contributed by atoms with Gasteiger partial charge in [-0.1, -0.05) is 28.1 Å². The number of rotatable bonds is 8. The molecule has 0 heterocycles. The topological polar surface area (TPSA) is 52.6 Å². The molecule has 0 aliphatic carbocycles. The average Bonchev–Trinajstić information content (AvgIpc) is 2.35. The molecular formula is C13H19BrO4S. The fourth-order valence-electron chi connectivity index (χ4n) is 1.59. The SMILES string of the molecule is CCOc1cccc(CBr)c1OCCCS(C)(=O)=O. The van der Waals surface area contributed by atoms with Crippen LogP contribution in [0.4, 0.5) is 0 Å². The second-order valence-electron chi connectivity index (χ2n) is 4.14. The van der Waals surface area contributed by atoms with Crippen LogP contribution < -0.4 is 9.47 Å². The Morgan fingerprint density at radius 2 is 2.00 bits per heavy atom. The van der Waals surface area contributed by atoms with Gasteiger partial charge in [0.25, 0.3) is 0 Å². The Hall–Kier alpha value is -0.750. The molecule has 0 amide bonds. The fourth-order valence-corrected chi connectivity index (χ4v) is 2.68. The van der Waals surface area contributed by atoms with Crippen molar-refractivity contribution in [3.8, 4) is 11.5 Å². The van der Waals surface area contributed by atoms with Crippen LogP contribution in [0.15, 0.2) is 18.2 Å². The lowest BCUT2D eigenvalue weighted by Crippen LogP contribution is -2.09. The van der Waals surface area contributed by atoms with Crippen molar-refractivity contribution >= 4 is 25.8 Å². The molecule has 19 heavy (non-hydrogen) atoms. The lowest BCUT2D eigenvalue weighted by Gasteiger charge is -2.14. The largest absolute Gasteiger partial charge is 0.490 e. The van der Waals surface area contributed by atoms with Gasteiger partial charge in [0.15, 0.2) is 11.5 Å². The summed E-state index contributed by atoms with van der Waals surface area (Å²) in [5.41, 5.74) is 0.991. The molecule has 1 aromatic rings. The summed E-state index contributed by atoms with van der Waals surface area (Å²) in [4.78, 5) is 0. The molecule has 0 N–H and O–H groups in total. The Bertz CT molecular complexity index is 499. The first-order valence-corrected chi connectivity index (χ1v) is 9.27. The highest BCUT2D eigenvalue weighted by Crippen LogP contribution is 2.32. The molecule has 0 saturated heterocycles. The maximum atomic E-state index is 11.0. The van der Waals surface area contributed by atoms with E-state index in [0.29, 0.717) is 36.5 Å². The predicted octanol–water partition coefficient (Wildman–Crippen LogP) is 2.79. The highest BCUT2D eigenvalue weighted by Gasteiger charge is 2.10. The number of para-hydroxylation sites is 1. The van der Waals surface area contributed by atoms with E-state index >= 15 is 0 Å². The lowest BCUT2D eigenvalue weighted by atomic mass is 10.2. The summed E-state index contributed by atoms with van der Waals surface area (Å²) in [5.74, 6) is 1.52. The van der Waals surface area contributed by atoms with E-state index in [-0.39, 0.29) is 5.75 Å². The van der Waals surface area contributed by atoms with E-state index in [1.165, 1.54) is 6.26 Å². The lowest BCUT2D eigenvalue weighted by molar-refractivity contribution is 0.275. The van der Waals surface area contributed by atoms with Crippen LogP contribution in [-0.4, -0.2) is 33.6 Å². The molecule has 4 nitrogen and oxygen atoms in total. The van der Waals surface area contributed by atoms with Crippen molar-refractivity contribution in [2.24, 2.45) is 0 Å². The van der Waals surface area contributed by atoms with Gasteiger partial charge in [0.2, 0.25) is 0 Å². The summed E-state index contributed by atoms with van der Waals surface area (Å²) in [6, 6.07) is 5.70. The highest BCUT2D eigenvalue weighted by atomic mass is 79.9. The molecule has 0 aromatic heterocycles. The maximum Gasteiger partial charge on any atom is 0.165 e. The zero-order valence-corrected chi connectivity index (χ0v) is 13.6. The van der Waals surface area contributed by atoms with Crippen molar-refractivity contribution in [3.63, 3.8) is 0 Å². The number of hydrogen-bond donors (Lipinski definition) is 0. The molecule has 0 aliphatic rings. The van der Waals surface area contributed by atoms with Crippen molar-refractivity contribution in [2.45, 2.75) is 18.7 Å². The second-order valence-corrected chi connectivity index (χ2v) is 6.96. The van der Waals surface area contributed by atoms with Crippen LogP contribution in [-0.2, 0) is 15.2 Å². The van der Waals surface area contributed by atoms with Crippen molar-refractivity contribution in [2.75, 3.05) is 25.2 Å². The van der Waals surface area contributed by atoms with Crippen LogP contribution in [0.5, 0.6) is 11.5 Å². The predicted molar refractivity (Wildman–Crippen MR) is 80.1 cm³/mol. The Balaban J connectivity index is 2.69. The quantitative estimate of drug-likeness (QED) is 0.534. The standard InChI is InChI=1S/C13H19BrO4S/c1-3-17-12-7-4-6-11(10-14)13(12)18-8-5-9-19(2,15)16/h4,6-7H,3,5,8-10H2,1-2H3. The molecule has 6 heteroatoms. The van der Waals surface area contributed by atoms with Crippen LogP contribution in [0, 0.1) is 0 Å². The molecule has 0 bridgehead atoms. The number of ether oxygens (including phenoxy) is 2. The van der Waals surface area contributed by atoms with Crippen molar-refractivity contribution in [3.05, 3.63) is 23.8 Å². The van der Waals surface area contributed by atoms with E-state index in [4.69, 9.17) is 9.47 Å². The van der Waals surface area contributed by atoms with Gasteiger partial charge >= 0.3 is 0 Å². The fraction of sp³-hybridized carbons (Fsp3) is 0.538. The van der Waals surface area contributed by atoms with Gasteiger partial charge in [-0.25, -0.2) is 8.42 Å². The van der Waals surface area contributed by atoms with Gasteiger partial charge in [-0.05, 0) is 19.4 Å². The summed E-state index contributed by atoms with van der Waals surface area (Å²) in [5, 5.41) is 0.662. The third-order valence-corrected chi connectivity index (χ3v) is 4.04. The van der Waals surface area contributed by atoms with E-state index in [1.807, 2.05) is 25.1 Å². The molecule has 1 rings (SSSR count). The van der Waals surface area contributed by atoms with E-state index < -0.39 is 9.84 Å². The summed E-state index contributed by atoms with van der Waals surface area (Å²) in [6.07, 6.45) is 1.70. The maximum absolute atomic E-state index is 11.0. The zero-order chi connectivity index (χ0) is 14.3. The third-order valence-electron chi connectivity index (χ3n) is 2.41. The van der Waals surface area contributed by atoms with Gasteiger partial charge in [0, 0.05) is 17.1 Å². The van der Waals surface area contributed by atoms with Crippen LogP contribution in [0.3, 0.4) is 0 Å². The normalized spacial score (nSPS) is 11.3. The number of halogens is 1. The molecule has 0 unspecified atom stereocenters. The van der Waals surface area contributed by atoms with E-state index in [9.17, 15) is 8.42 Å². The van der Waals surface area contributed by atoms with Gasteiger partial charge in [-0.15, -0.1) is 0 Å². The molecule has 0 saturated carbocycles. The van der Waals surface area contributed by atoms with E-state index in [2.05, 4.69) is 15.9 Å². The Morgan fingerprint density at radius 1 is 1.26 bits per heavy atom. The minimum atomic E-state index is -2.94. The van der Waals surface area contributed by atoms with Crippen molar-refractivity contribution in [1.29, 1.82) is 0 Å². The number of sulfone groups is 1. The second kappa shape index (κ2) is 7.75. The van der Waals surface area contributed by atoms with Crippen LogP contribution in [0.2, 0.25) is 0 Å². The minimum Gasteiger partial charge on any atom is -0.490 e. The molecule has 0 atom stereocenters. The number of benzene rings is 1. The molecule has 0 aliphatic heterocycles. The Labute approximate surface area is 123 Å². The van der Waals surface area contributed by atoms with Crippen LogP contribution in [0.1, 0.15) is 18.9 Å². The van der Waals surface area contributed by atoms with Gasteiger partial charge < -0.3 is 9.47 Å². The minimum absolute atomic E-state index is 0.132. The van der Waals surface area contributed by atoms with Crippen LogP contribution in [0.25, 0.3) is 0 Å². The summed E-state index contributed by atoms with van der Waals surface area (Å²) < 4.78 is 33.3. The first kappa shape index (κ1) is 16.3. The Morgan fingerprint density at radius 3 is 2.58 bits per heavy atom. The van der Waals surface area contributed by atoms with Gasteiger partial charge in [0.05, 0.1) is 19.0 Å². The van der Waals surface area contributed by atoms with E-state index in [1.54, 1.807) is 0 Å². The van der Waals surface area contributed by atoms with Crippen LogP contribution >= 0.6 is 15.9 Å². The summed E-state index contributed by atoms with van der Waals surface area (Å²) >= 11 is 3.40. The molecule has 0 radical (unpaired) electrons. The molecule has 0 fully saturated rings. The Kier molecular flexibility index (Phi) is 6.65. The zero-order valence-electron chi connectivity index (χ0n) is 11.2. The molecule has 1 aromatic carbocycles. The van der Waals surface area contributed by atoms with E-state index in [0.717, 1.165) is 5.56 Å². The monoisotopic (exact) mass is 350 g/mol. The van der Waals surface area contributed by atoms with Crippen molar-refractivity contribution in [1.82, 2.24) is 0 Å².